The van der Waals surface area contributed by atoms with E-state index in [2.05, 4.69) is 15.5 Å². The molecule has 0 aliphatic rings. The van der Waals surface area contributed by atoms with Gasteiger partial charge in [0.05, 0.1) is 24.9 Å². The van der Waals surface area contributed by atoms with E-state index in [9.17, 15) is 14.4 Å². The number of methoxy groups -OCH3 is 1. The number of nitrogens with one attached hydrogen (secondary N) is 1. The summed E-state index contributed by atoms with van der Waals surface area (Å²) in [7, 11) is 1.60. The molecule has 3 aromatic heterocycles. The molecule has 0 unspecified atom stereocenters. The number of aromatic nitrogens is 5. The molecule has 0 aliphatic heterocycles. The van der Waals surface area contributed by atoms with Crippen LogP contribution < -0.4 is 21.3 Å². The maximum atomic E-state index is 14.0. The van der Waals surface area contributed by atoms with Gasteiger partial charge in [-0.2, -0.15) is 10.2 Å². The summed E-state index contributed by atoms with van der Waals surface area (Å²) < 4.78 is 8.14. The molecule has 4 rings (SSSR count). The van der Waals surface area contributed by atoms with Crippen LogP contribution in [0, 0.1) is 12.8 Å². The highest BCUT2D eigenvalue weighted by molar-refractivity contribution is 7.21. The number of thiophene rings is 1. The van der Waals surface area contributed by atoms with Crippen molar-refractivity contribution in [1.29, 1.82) is 0 Å². The van der Waals surface area contributed by atoms with Gasteiger partial charge in [-0.3, -0.25) is 14.2 Å². The van der Waals surface area contributed by atoms with Gasteiger partial charge in [-0.1, -0.05) is 43.4 Å². The van der Waals surface area contributed by atoms with Crippen LogP contribution in [0.15, 0.2) is 46.2 Å². The zero-order chi connectivity index (χ0) is 26.9. The minimum absolute atomic E-state index is 0.222. The van der Waals surface area contributed by atoms with Crippen LogP contribution in [0.25, 0.3) is 15.2 Å². The lowest BCUT2D eigenvalue weighted by atomic mass is 10.0. The molecule has 11 heteroatoms. The maximum Gasteiger partial charge on any atom is 0.333 e. The van der Waals surface area contributed by atoms with E-state index in [0.717, 1.165) is 15.9 Å². The molecule has 0 saturated carbocycles. The second kappa shape index (κ2) is 10.3. The second-order valence-electron chi connectivity index (χ2n) is 9.83. The third kappa shape index (κ3) is 4.83. The van der Waals surface area contributed by atoms with Crippen molar-refractivity contribution in [3.05, 3.63) is 68.6 Å². The van der Waals surface area contributed by atoms with Crippen molar-refractivity contribution in [1.82, 2.24) is 29.4 Å². The first-order valence-electron chi connectivity index (χ1n) is 12.1. The van der Waals surface area contributed by atoms with E-state index < -0.39 is 22.7 Å². The van der Waals surface area contributed by atoms with Gasteiger partial charge in [0.2, 0.25) is 5.91 Å². The third-order valence-electron chi connectivity index (χ3n) is 6.37. The number of amides is 1. The number of ether oxygens (including phenoxy) is 1. The normalized spacial score (nSPS) is 11.9. The molecule has 37 heavy (non-hydrogen) atoms. The van der Waals surface area contributed by atoms with Crippen LogP contribution in [0.5, 0.6) is 5.75 Å². The molecule has 3 heterocycles. The van der Waals surface area contributed by atoms with Crippen molar-refractivity contribution in [3.63, 3.8) is 0 Å². The average Bonchev–Trinajstić information content (AvgIpc) is 3.50. The first kappa shape index (κ1) is 26.3. The molecule has 0 radical (unpaired) electrons. The Labute approximate surface area is 218 Å². The Balaban J connectivity index is 1.93. The minimum atomic E-state index is -1.41. The summed E-state index contributed by atoms with van der Waals surface area (Å²) in [4.78, 5) is 43.0. The van der Waals surface area contributed by atoms with Gasteiger partial charge < -0.3 is 10.1 Å². The number of para-hydroxylation sites is 1. The van der Waals surface area contributed by atoms with Crippen molar-refractivity contribution >= 4 is 27.5 Å². The van der Waals surface area contributed by atoms with Crippen molar-refractivity contribution in [2.45, 2.75) is 53.1 Å². The van der Waals surface area contributed by atoms with Gasteiger partial charge in [-0.05, 0) is 44.7 Å². The fourth-order valence-electron chi connectivity index (χ4n) is 4.29. The van der Waals surface area contributed by atoms with Crippen molar-refractivity contribution in [2.75, 3.05) is 13.7 Å². The number of hydrogen-bond acceptors (Lipinski definition) is 7. The number of carbonyl (C=O) groups excluding carboxylic acids is 1. The molecule has 0 aliphatic carbocycles. The lowest BCUT2D eigenvalue weighted by Crippen LogP contribution is -2.56. The van der Waals surface area contributed by atoms with E-state index in [0.29, 0.717) is 33.7 Å². The molecule has 1 aromatic carbocycles. The van der Waals surface area contributed by atoms with Gasteiger partial charge in [0, 0.05) is 18.7 Å². The van der Waals surface area contributed by atoms with E-state index >= 15 is 0 Å². The molecule has 196 valence electrons. The van der Waals surface area contributed by atoms with Crippen LogP contribution in [-0.4, -0.2) is 43.7 Å². The Bertz CT molecular complexity index is 1550. The summed E-state index contributed by atoms with van der Waals surface area (Å²) in [6.07, 6.45) is 3.60. The Morgan fingerprint density at radius 1 is 1.16 bits per heavy atom. The van der Waals surface area contributed by atoms with Crippen LogP contribution in [0.2, 0.25) is 0 Å². The quantitative estimate of drug-likeness (QED) is 0.360. The number of nitrogens with zero attached hydrogens (tertiary/aromatic N) is 5. The number of aryl methyl sites for hydroxylation is 3. The Hall–Kier alpha value is -3.73. The summed E-state index contributed by atoms with van der Waals surface area (Å²) in [5.41, 5.74) is -0.885. The topological polar surface area (TPSA) is 113 Å². The summed E-state index contributed by atoms with van der Waals surface area (Å²) in [5, 5.41) is 12.3. The van der Waals surface area contributed by atoms with Crippen LogP contribution in [0.4, 0.5) is 0 Å². The Morgan fingerprint density at radius 3 is 2.49 bits per heavy atom. The van der Waals surface area contributed by atoms with E-state index in [4.69, 9.17) is 4.74 Å². The molecule has 1 N–H and O–H groups in total. The molecule has 0 atom stereocenters. The van der Waals surface area contributed by atoms with E-state index in [-0.39, 0.29) is 12.5 Å². The molecule has 1 amide bonds. The highest BCUT2D eigenvalue weighted by Gasteiger charge is 2.35. The van der Waals surface area contributed by atoms with E-state index in [1.54, 1.807) is 37.9 Å². The second-order valence-corrected chi connectivity index (χ2v) is 10.8. The number of rotatable bonds is 9. The summed E-state index contributed by atoms with van der Waals surface area (Å²) in [6, 6.07) is 7.61. The molecular formula is C26H32N6O4S. The molecule has 0 saturated heterocycles. The van der Waals surface area contributed by atoms with E-state index in [1.165, 1.54) is 16.1 Å². The number of hydrogen-bond donors (Lipinski definition) is 1. The minimum Gasteiger partial charge on any atom is -0.496 e. The van der Waals surface area contributed by atoms with Gasteiger partial charge in [0.25, 0.3) is 5.56 Å². The SMILES string of the molecule is COc1ccccc1CCn1c(=O)n(C(C)(C)C(=O)NCC(C)C)c(=O)c2c(C)c(-n3nccn3)sc21. The zero-order valence-corrected chi connectivity index (χ0v) is 22.8. The third-order valence-corrected chi connectivity index (χ3v) is 7.65. The average molecular weight is 525 g/mol. The Morgan fingerprint density at radius 2 is 1.84 bits per heavy atom. The maximum absolute atomic E-state index is 14.0. The van der Waals surface area contributed by atoms with Crippen molar-refractivity contribution in [2.24, 2.45) is 5.92 Å². The number of carbonyl (C=O) groups is 1. The molecule has 10 nitrogen and oxygen atoms in total. The predicted octanol–water partition coefficient (Wildman–Crippen LogP) is 2.87. The summed E-state index contributed by atoms with van der Waals surface area (Å²) in [6.45, 7) is 9.69. The molecule has 0 bridgehead atoms. The molecular weight excluding hydrogens is 492 g/mol. The van der Waals surface area contributed by atoms with Crippen LogP contribution in [0.3, 0.4) is 0 Å². The Kier molecular flexibility index (Phi) is 7.35. The highest BCUT2D eigenvalue weighted by atomic mass is 32.1. The van der Waals surface area contributed by atoms with Crippen LogP contribution >= 0.6 is 11.3 Å². The van der Waals surface area contributed by atoms with Crippen LogP contribution in [0.1, 0.15) is 38.8 Å². The number of fused-ring (bicyclic) bond motifs is 1. The van der Waals surface area contributed by atoms with Gasteiger partial charge in [0.15, 0.2) is 0 Å². The van der Waals surface area contributed by atoms with Crippen molar-refractivity contribution in [3.8, 4) is 10.8 Å². The number of benzene rings is 1. The summed E-state index contributed by atoms with van der Waals surface area (Å²) >= 11 is 1.28. The molecule has 4 aromatic rings. The lowest BCUT2D eigenvalue weighted by Gasteiger charge is -2.27. The van der Waals surface area contributed by atoms with Gasteiger partial charge in [-0.25, -0.2) is 9.36 Å². The zero-order valence-electron chi connectivity index (χ0n) is 21.9. The van der Waals surface area contributed by atoms with E-state index in [1.807, 2.05) is 45.0 Å². The smallest absolute Gasteiger partial charge is 0.333 e. The van der Waals surface area contributed by atoms with Gasteiger partial charge in [-0.15, -0.1) is 4.80 Å². The van der Waals surface area contributed by atoms with Gasteiger partial charge >= 0.3 is 5.69 Å². The molecule has 0 spiro atoms. The highest BCUT2D eigenvalue weighted by Crippen LogP contribution is 2.31. The van der Waals surface area contributed by atoms with Gasteiger partial charge in [0.1, 0.15) is 21.1 Å². The lowest BCUT2D eigenvalue weighted by molar-refractivity contribution is -0.128. The largest absolute Gasteiger partial charge is 0.496 e. The monoisotopic (exact) mass is 524 g/mol. The fraction of sp³-hybridized carbons (Fsp3) is 0.423. The predicted molar refractivity (Wildman–Crippen MR) is 144 cm³/mol. The fourth-order valence-corrected chi connectivity index (χ4v) is 5.53. The summed E-state index contributed by atoms with van der Waals surface area (Å²) in [5.74, 6) is 0.551. The first-order chi connectivity index (χ1) is 17.6. The van der Waals surface area contributed by atoms with Crippen LogP contribution in [-0.2, 0) is 23.3 Å². The molecule has 0 fully saturated rings. The van der Waals surface area contributed by atoms with Crippen molar-refractivity contribution < 1.29 is 9.53 Å². The first-order valence-corrected chi connectivity index (χ1v) is 13.0. The standard InChI is InChI=1S/C26H32N6O4S/c1-16(2)15-27-24(34)26(4,5)31-21(33)20-17(3)22(32-28-12-13-29-32)37-23(20)30(25(31)35)14-11-18-9-7-8-10-19(18)36-6/h7-10,12-13,16H,11,14-15H2,1-6H3,(H,27,34).